The Labute approximate surface area is 117 Å². The van der Waals surface area contributed by atoms with Crippen LogP contribution < -0.4 is 23.5 Å². The molecule has 0 aromatic heterocycles. The lowest BCUT2D eigenvalue weighted by atomic mass is 10.2. The second kappa shape index (κ2) is 8.22. The lowest BCUT2D eigenvalue weighted by molar-refractivity contribution is -0.906. The molecule has 1 rings (SSSR count). The van der Waals surface area contributed by atoms with Crippen LogP contribution in [0.1, 0.15) is 20.3 Å². The summed E-state index contributed by atoms with van der Waals surface area (Å²) in [7, 11) is 2.32. The van der Waals surface area contributed by atoms with Gasteiger partial charge in [-0.3, -0.25) is 0 Å². The Hall–Kier alpha value is -0.930. The number of halogens is 1. The van der Waals surface area contributed by atoms with E-state index in [0.717, 1.165) is 22.4 Å². The normalized spacial score (nSPS) is 10.8. The topological polar surface area (TPSA) is 38.0 Å². The Morgan fingerprint density at radius 3 is 2.33 bits per heavy atom. The first-order chi connectivity index (χ1) is 8.11. The van der Waals surface area contributed by atoms with Gasteiger partial charge in [0.2, 0.25) is 0 Å². The summed E-state index contributed by atoms with van der Waals surface area (Å²) in [6.45, 7) is 9.11. The summed E-state index contributed by atoms with van der Waals surface area (Å²) in [5.41, 5.74) is 7.75. The van der Waals surface area contributed by atoms with Gasteiger partial charge in [0.15, 0.2) is 0 Å². The van der Waals surface area contributed by atoms with Crippen molar-refractivity contribution in [2.45, 2.75) is 20.3 Å². The molecule has 0 saturated carbocycles. The molecule has 1 aromatic carbocycles. The van der Waals surface area contributed by atoms with E-state index in [1.165, 1.54) is 26.1 Å². The summed E-state index contributed by atoms with van der Waals surface area (Å²) >= 11 is 0. The largest absolute Gasteiger partial charge is 1.00 e. The first kappa shape index (κ1) is 17.1. The number of benzene rings is 1. The zero-order chi connectivity index (χ0) is 12.7. The van der Waals surface area contributed by atoms with E-state index >= 15 is 0 Å². The maximum atomic E-state index is 5.87. The van der Waals surface area contributed by atoms with Crippen LogP contribution in [0.25, 0.3) is 0 Å². The molecule has 0 fully saturated rings. The summed E-state index contributed by atoms with van der Waals surface area (Å²) in [6, 6.07) is 7.93. The van der Waals surface area contributed by atoms with Gasteiger partial charge in [0, 0.05) is 13.0 Å². The van der Waals surface area contributed by atoms with E-state index in [-0.39, 0.29) is 12.4 Å². The van der Waals surface area contributed by atoms with Gasteiger partial charge in [0.05, 0.1) is 38.1 Å². The fraction of sp³-hybridized carbons (Fsp3) is 0.571. The van der Waals surface area contributed by atoms with Gasteiger partial charge in [0.1, 0.15) is 0 Å². The van der Waals surface area contributed by atoms with Crippen molar-refractivity contribution < 1.29 is 16.9 Å². The molecule has 0 aliphatic carbocycles. The Bertz CT molecular complexity index is 338. The van der Waals surface area contributed by atoms with Gasteiger partial charge in [-0.05, 0) is 26.0 Å². The van der Waals surface area contributed by atoms with Crippen LogP contribution >= 0.6 is 0 Å². The highest BCUT2D eigenvalue weighted by molar-refractivity contribution is 5.65. The van der Waals surface area contributed by atoms with Crippen LogP contribution in [-0.4, -0.2) is 37.7 Å². The Kier molecular flexibility index (Phi) is 7.80. The molecule has 0 aliphatic rings. The number of quaternary nitrogens is 1. The third kappa shape index (κ3) is 5.15. The summed E-state index contributed by atoms with van der Waals surface area (Å²) in [5.74, 6) is 0. The number of nitrogens with two attached hydrogens (primary N) is 1. The van der Waals surface area contributed by atoms with E-state index in [2.05, 4.69) is 26.2 Å². The molecule has 3 nitrogen and oxygen atoms in total. The Morgan fingerprint density at radius 1 is 1.17 bits per heavy atom. The van der Waals surface area contributed by atoms with Gasteiger partial charge in [-0.15, -0.1) is 0 Å². The smallest absolute Gasteiger partial charge is 0.0801 e. The Balaban J connectivity index is 0.00000289. The second-order valence-corrected chi connectivity index (χ2v) is 4.84. The predicted molar refractivity (Wildman–Crippen MR) is 76.1 cm³/mol. The number of hydrogen-bond donors (Lipinski definition) is 2. The first-order valence-corrected chi connectivity index (χ1v) is 6.53. The quantitative estimate of drug-likeness (QED) is 0.401. The van der Waals surface area contributed by atoms with E-state index in [4.69, 9.17) is 5.73 Å². The molecule has 0 radical (unpaired) electrons. The second-order valence-electron chi connectivity index (χ2n) is 4.84. The van der Waals surface area contributed by atoms with Crippen molar-refractivity contribution in [3.63, 3.8) is 0 Å². The van der Waals surface area contributed by atoms with Crippen LogP contribution in [0.3, 0.4) is 0 Å². The molecule has 0 heterocycles. The average Bonchev–Trinajstić information content (AvgIpc) is 2.36. The highest BCUT2D eigenvalue weighted by atomic mass is 35.5. The Morgan fingerprint density at radius 2 is 1.78 bits per heavy atom. The highest BCUT2D eigenvalue weighted by Gasteiger charge is 2.14. The van der Waals surface area contributed by atoms with Crippen molar-refractivity contribution in [3.8, 4) is 0 Å². The maximum absolute atomic E-state index is 5.87. The molecule has 0 aliphatic heterocycles. The van der Waals surface area contributed by atoms with E-state index in [9.17, 15) is 0 Å². The van der Waals surface area contributed by atoms with Gasteiger partial charge in [-0.2, -0.15) is 0 Å². The van der Waals surface area contributed by atoms with Crippen molar-refractivity contribution in [1.82, 2.24) is 0 Å². The number of rotatable bonds is 7. The number of nitrogens with zero attached hydrogens (tertiary/aromatic N) is 1. The zero-order valence-corrected chi connectivity index (χ0v) is 12.5. The summed E-state index contributed by atoms with van der Waals surface area (Å²) < 4.78 is 1.14. The number of para-hydroxylation sites is 2. The van der Waals surface area contributed by atoms with Crippen molar-refractivity contribution >= 4 is 11.4 Å². The average molecular weight is 272 g/mol. The fourth-order valence-electron chi connectivity index (χ4n) is 1.88. The van der Waals surface area contributed by atoms with E-state index in [0.29, 0.717) is 0 Å². The number of nitrogen functional groups attached to an aromatic ring is 1. The van der Waals surface area contributed by atoms with Gasteiger partial charge < -0.3 is 27.9 Å². The van der Waals surface area contributed by atoms with Crippen molar-refractivity contribution in [3.05, 3.63) is 24.3 Å². The van der Waals surface area contributed by atoms with E-state index < -0.39 is 0 Å². The molecule has 0 saturated heterocycles. The van der Waals surface area contributed by atoms with Crippen molar-refractivity contribution in [2.75, 3.05) is 44.3 Å². The van der Waals surface area contributed by atoms with Crippen LogP contribution in [0.2, 0.25) is 0 Å². The summed E-state index contributed by atoms with van der Waals surface area (Å²) in [6.07, 6.45) is 1.17. The van der Waals surface area contributed by atoms with Crippen LogP contribution in [-0.2, 0) is 0 Å². The molecule has 0 bridgehead atoms. The lowest BCUT2D eigenvalue weighted by Gasteiger charge is -2.32. The molecule has 0 unspecified atom stereocenters. The number of hydrogen-bond acceptors (Lipinski definition) is 2. The monoisotopic (exact) mass is 271 g/mol. The molecule has 104 valence electrons. The standard InChI is InChI=1S/C14H26N3.ClH/c1-4-17(3,5-2)12-8-11-16-14-10-7-6-9-13(14)15;/h6-7,9-10,16H,4-5,8,11-12,15H2,1-3H3;1H/q+1;/p-1. The first-order valence-electron chi connectivity index (χ1n) is 6.53. The predicted octanol–water partition coefficient (Wildman–Crippen LogP) is -0.439. The zero-order valence-electron chi connectivity index (χ0n) is 11.7. The molecule has 0 amide bonds. The SMILES string of the molecule is CC[N+](C)(CC)CCCNc1ccccc1N.[Cl-]. The van der Waals surface area contributed by atoms with Crippen LogP contribution in [0, 0.1) is 0 Å². The number of nitrogens with one attached hydrogen (secondary N) is 1. The van der Waals surface area contributed by atoms with Crippen molar-refractivity contribution in [1.29, 1.82) is 0 Å². The molecular weight excluding hydrogens is 246 g/mol. The molecule has 0 spiro atoms. The molecule has 1 aromatic rings. The van der Waals surface area contributed by atoms with E-state index in [1.54, 1.807) is 0 Å². The van der Waals surface area contributed by atoms with Crippen LogP contribution in [0.4, 0.5) is 11.4 Å². The maximum Gasteiger partial charge on any atom is 0.0801 e. The van der Waals surface area contributed by atoms with Crippen LogP contribution in [0.5, 0.6) is 0 Å². The molecule has 0 atom stereocenters. The molecule has 4 heteroatoms. The minimum Gasteiger partial charge on any atom is -1.00 e. The minimum atomic E-state index is 0. The fourth-order valence-corrected chi connectivity index (χ4v) is 1.88. The van der Waals surface area contributed by atoms with Gasteiger partial charge in [-0.1, -0.05) is 12.1 Å². The molecule has 3 N–H and O–H groups in total. The van der Waals surface area contributed by atoms with Gasteiger partial charge in [0.25, 0.3) is 0 Å². The van der Waals surface area contributed by atoms with E-state index in [1.807, 2.05) is 24.3 Å². The summed E-state index contributed by atoms with van der Waals surface area (Å²) in [5, 5.41) is 3.40. The number of anilines is 2. The third-order valence-electron chi connectivity index (χ3n) is 3.68. The third-order valence-corrected chi connectivity index (χ3v) is 3.68. The molecular formula is C14H26ClN3. The highest BCUT2D eigenvalue weighted by Crippen LogP contribution is 2.16. The van der Waals surface area contributed by atoms with Gasteiger partial charge >= 0.3 is 0 Å². The molecule has 18 heavy (non-hydrogen) atoms. The lowest BCUT2D eigenvalue weighted by Crippen LogP contribution is -3.00. The van der Waals surface area contributed by atoms with Gasteiger partial charge in [-0.25, -0.2) is 0 Å². The van der Waals surface area contributed by atoms with Crippen LogP contribution in [0.15, 0.2) is 24.3 Å². The van der Waals surface area contributed by atoms with Crippen molar-refractivity contribution in [2.24, 2.45) is 0 Å². The summed E-state index contributed by atoms with van der Waals surface area (Å²) in [4.78, 5) is 0. The minimum absolute atomic E-state index is 0.